The van der Waals surface area contributed by atoms with E-state index in [1.807, 2.05) is 25.1 Å². The highest BCUT2D eigenvalue weighted by Crippen LogP contribution is 2.25. The van der Waals surface area contributed by atoms with Crippen molar-refractivity contribution in [2.75, 3.05) is 26.8 Å². The lowest BCUT2D eigenvalue weighted by molar-refractivity contribution is -0.0240. The molecule has 0 bridgehead atoms. The van der Waals surface area contributed by atoms with Crippen LogP contribution in [0.4, 0.5) is 0 Å². The van der Waals surface area contributed by atoms with E-state index in [-0.39, 0.29) is 6.10 Å². The van der Waals surface area contributed by atoms with Gasteiger partial charge in [0, 0.05) is 18.7 Å². The van der Waals surface area contributed by atoms with Crippen LogP contribution in [0.2, 0.25) is 0 Å². The fourth-order valence-corrected chi connectivity index (χ4v) is 2.62. The summed E-state index contributed by atoms with van der Waals surface area (Å²) in [5.74, 6) is 2.05. The minimum Gasteiger partial charge on any atom is -0.496 e. The van der Waals surface area contributed by atoms with Gasteiger partial charge in [-0.05, 0) is 25.5 Å². The van der Waals surface area contributed by atoms with Crippen molar-refractivity contribution in [2.24, 2.45) is 0 Å². The van der Waals surface area contributed by atoms with Crippen molar-refractivity contribution < 1.29 is 14.0 Å². The predicted molar refractivity (Wildman–Crippen MR) is 81.7 cm³/mol. The Morgan fingerprint density at radius 3 is 3.05 bits per heavy atom. The van der Waals surface area contributed by atoms with Crippen LogP contribution in [0.15, 0.2) is 22.7 Å². The van der Waals surface area contributed by atoms with Gasteiger partial charge in [-0.25, -0.2) is 0 Å². The highest BCUT2D eigenvalue weighted by atomic mass is 16.5. The molecule has 0 amide bonds. The fraction of sp³-hybridized carbons (Fsp3) is 0.500. The lowest BCUT2D eigenvalue weighted by Crippen LogP contribution is -2.40. The molecule has 0 aliphatic carbocycles. The lowest BCUT2D eigenvalue weighted by atomic mass is 10.1. The molecule has 6 nitrogen and oxygen atoms in total. The molecular formula is C16H21N3O3. The molecule has 1 fully saturated rings. The first-order valence-corrected chi connectivity index (χ1v) is 7.47. The molecule has 0 unspecified atom stereocenters. The van der Waals surface area contributed by atoms with Crippen LogP contribution in [0.5, 0.6) is 5.75 Å². The third-order valence-corrected chi connectivity index (χ3v) is 3.82. The van der Waals surface area contributed by atoms with Crippen molar-refractivity contribution in [3.05, 3.63) is 29.7 Å². The molecule has 2 heterocycles. The summed E-state index contributed by atoms with van der Waals surface area (Å²) in [6, 6.07) is 5.90. The summed E-state index contributed by atoms with van der Waals surface area (Å²) in [6.07, 6.45) is 0.248. The highest BCUT2D eigenvalue weighted by Gasteiger charge is 2.19. The number of morpholine rings is 1. The fourth-order valence-electron chi connectivity index (χ4n) is 2.62. The van der Waals surface area contributed by atoms with E-state index in [1.165, 1.54) is 0 Å². The van der Waals surface area contributed by atoms with Crippen LogP contribution < -0.4 is 4.74 Å². The Morgan fingerprint density at radius 2 is 2.27 bits per heavy atom. The number of benzene rings is 1. The average Bonchev–Trinajstić information content (AvgIpc) is 2.96. The third-order valence-electron chi connectivity index (χ3n) is 3.82. The number of rotatable bonds is 4. The molecule has 22 heavy (non-hydrogen) atoms. The first-order chi connectivity index (χ1) is 10.7. The highest BCUT2D eigenvalue weighted by molar-refractivity contribution is 5.58. The summed E-state index contributed by atoms with van der Waals surface area (Å²) in [6.45, 7) is 7.26. The van der Waals surface area contributed by atoms with E-state index in [9.17, 15) is 0 Å². The van der Waals surface area contributed by atoms with Gasteiger partial charge < -0.3 is 14.0 Å². The molecular weight excluding hydrogens is 282 g/mol. The van der Waals surface area contributed by atoms with Crippen molar-refractivity contribution in [1.29, 1.82) is 0 Å². The topological polar surface area (TPSA) is 60.6 Å². The van der Waals surface area contributed by atoms with Crippen molar-refractivity contribution in [2.45, 2.75) is 26.5 Å². The van der Waals surface area contributed by atoms with Gasteiger partial charge in [-0.3, -0.25) is 4.90 Å². The zero-order valence-corrected chi connectivity index (χ0v) is 13.2. The molecule has 0 saturated carbocycles. The van der Waals surface area contributed by atoms with Crippen molar-refractivity contribution in [3.63, 3.8) is 0 Å². The Bertz CT molecular complexity index is 641. The zero-order valence-electron chi connectivity index (χ0n) is 13.2. The summed E-state index contributed by atoms with van der Waals surface area (Å²) in [7, 11) is 1.66. The van der Waals surface area contributed by atoms with E-state index in [2.05, 4.69) is 22.0 Å². The first-order valence-electron chi connectivity index (χ1n) is 7.47. The van der Waals surface area contributed by atoms with Crippen LogP contribution in [0.25, 0.3) is 11.4 Å². The number of hydrogen-bond donors (Lipinski definition) is 0. The van der Waals surface area contributed by atoms with Gasteiger partial charge in [0.25, 0.3) is 0 Å². The molecule has 0 spiro atoms. The van der Waals surface area contributed by atoms with Gasteiger partial charge in [-0.15, -0.1) is 0 Å². The van der Waals surface area contributed by atoms with E-state index in [1.54, 1.807) is 7.11 Å². The molecule has 3 rings (SSSR count). The quantitative estimate of drug-likeness (QED) is 0.863. The molecule has 6 heteroatoms. The van der Waals surface area contributed by atoms with Crippen LogP contribution in [-0.4, -0.2) is 48.0 Å². The second-order valence-electron chi connectivity index (χ2n) is 5.61. The number of ether oxygens (including phenoxy) is 2. The van der Waals surface area contributed by atoms with Crippen molar-refractivity contribution in [1.82, 2.24) is 15.0 Å². The van der Waals surface area contributed by atoms with Crippen LogP contribution in [-0.2, 0) is 11.3 Å². The zero-order chi connectivity index (χ0) is 15.5. The summed E-state index contributed by atoms with van der Waals surface area (Å²) in [5.41, 5.74) is 1.98. The molecule has 1 aliphatic heterocycles. The van der Waals surface area contributed by atoms with E-state index >= 15 is 0 Å². The van der Waals surface area contributed by atoms with Crippen molar-refractivity contribution >= 4 is 0 Å². The molecule has 0 radical (unpaired) electrons. The Morgan fingerprint density at radius 1 is 1.41 bits per heavy atom. The summed E-state index contributed by atoms with van der Waals surface area (Å²) in [4.78, 5) is 6.75. The summed E-state index contributed by atoms with van der Waals surface area (Å²) >= 11 is 0. The van der Waals surface area contributed by atoms with Crippen LogP contribution in [0.1, 0.15) is 18.4 Å². The number of methoxy groups -OCH3 is 1. The van der Waals surface area contributed by atoms with Gasteiger partial charge in [0.1, 0.15) is 5.75 Å². The van der Waals surface area contributed by atoms with E-state index in [0.29, 0.717) is 18.3 Å². The monoisotopic (exact) mass is 303 g/mol. The van der Waals surface area contributed by atoms with Gasteiger partial charge in [-0.1, -0.05) is 17.3 Å². The van der Waals surface area contributed by atoms with Crippen LogP contribution >= 0.6 is 0 Å². The maximum Gasteiger partial charge on any atom is 0.241 e. The summed E-state index contributed by atoms with van der Waals surface area (Å²) < 4.78 is 16.3. The third kappa shape index (κ3) is 3.28. The number of aryl methyl sites for hydroxylation is 1. The Balaban J connectivity index is 1.73. The summed E-state index contributed by atoms with van der Waals surface area (Å²) in [5, 5.41) is 4.08. The number of hydrogen-bond acceptors (Lipinski definition) is 6. The van der Waals surface area contributed by atoms with Crippen molar-refractivity contribution in [3.8, 4) is 17.1 Å². The number of aromatic nitrogens is 2. The smallest absolute Gasteiger partial charge is 0.241 e. The SMILES string of the molecule is COc1cc(-c2noc(CN3CCO[C@H](C)C3)n2)ccc1C. The average molecular weight is 303 g/mol. The second kappa shape index (κ2) is 6.46. The van der Waals surface area contributed by atoms with Gasteiger partial charge in [0.05, 0.1) is 26.4 Å². The molecule has 1 aromatic heterocycles. The molecule has 1 saturated heterocycles. The maximum atomic E-state index is 5.53. The lowest BCUT2D eigenvalue weighted by Gasteiger charge is -2.29. The minimum atomic E-state index is 0.248. The van der Waals surface area contributed by atoms with E-state index in [4.69, 9.17) is 14.0 Å². The predicted octanol–water partition coefficient (Wildman–Crippen LogP) is 2.27. The molecule has 1 atom stereocenters. The van der Waals surface area contributed by atoms with Gasteiger partial charge in [-0.2, -0.15) is 4.98 Å². The molecule has 118 valence electrons. The van der Waals surface area contributed by atoms with Gasteiger partial charge in [0.2, 0.25) is 11.7 Å². The second-order valence-corrected chi connectivity index (χ2v) is 5.61. The molecule has 1 aliphatic rings. The standard InChI is InChI=1S/C16H21N3O3/c1-11-4-5-13(8-14(11)20-3)16-17-15(22-18-16)10-19-6-7-21-12(2)9-19/h4-5,8,12H,6-7,9-10H2,1-3H3/t12-/m1/s1. The molecule has 0 N–H and O–H groups in total. The number of nitrogens with zero attached hydrogens (tertiary/aromatic N) is 3. The molecule has 1 aromatic carbocycles. The maximum absolute atomic E-state index is 5.53. The van der Waals surface area contributed by atoms with Crippen LogP contribution in [0, 0.1) is 6.92 Å². The first kappa shape index (κ1) is 15.0. The van der Waals surface area contributed by atoms with Crippen LogP contribution in [0.3, 0.4) is 0 Å². The van der Waals surface area contributed by atoms with Gasteiger partial charge in [0.15, 0.2) is 0 Å². The minimum absolute atomic E-state index is 0.248. The van der Waals surface area contributed by atoms with E-state index in [0.717, 1.165) is 36.6 Å². The Labute approximate surface area is 130 Å². The largest absolute Gasteiger partial charge is 0.496 e. The molecule has 2 aromatic rings. The normalized spacial score (nSPS) is 19.3. The Kier molecular flexibility index (Phi) is 4.40. The Hall–Kier alpha value is -1.92. The van der Waals surface area contributed by atoms with Gasteiger partial charge >= 0.3 is 0 Å². The van der Waals surface area contributed by atoms with E-state index < -0.39 is 0 Å².